The molecule has 0 saturated carbocycles. The van der Waals surface area contributed by atoms with Crippen molar-refractivity contribution in [2.75, 3.05) is 44.3 Å². The third-order valence-electron chi connectivity index (χ3n) is 3.40. The molecule has 106 valence electrons. The van der Waals surface area contributed by atoms with Crippen LogP contribution in [0.25, 0.3) is 0 Å². The van der Waals surface area contributed by atoms with Crippen LogP contribution in [0.3, 0.4) is 0 Å². The van der Waals surface area contributed by atoms with Crippen LogP contribution in [0.4, 0.5) is 5.69 Å². The second-order valence-corrected chi connectivity index (χ2v) is 6.84. The lowest BCUT2D eigenvalue weighted by molar-refractivity contribution is 0.0408. The molecule has 0 unspecified atom stereocenters. The number of nitrogens with zero attached hydrogens (tertiary/aromatic N) is 1. The van der Waals surface area contributed by atoms with E-state index in [1.807, 2.05) is 13.0 Å². The predicted molar refractivity (Wildman–Crippen MR) is 74.9 cm³/mol. The molecule has 19 heavy (non-hydrogen) atoms. The summed E-state index contributed by atoms with van der Waals surface area (Å²) in [7, 11) is -3.32. The van der Waals surface area contributed by atoms with E-state index >= 15 is 0 Å². The van der Waals surface area contributed by atoms with Crippen molar-refractivity contribution in [3.8, 4) is 0 Å². The Hall–Kier alpha value is -1.11. The number of hydrogen-bond donors (Lipinski definition) is 1. The summed E-state index contributed by atoms with van der Waals surface area (Å²) in [5, 5.41) is 0. The van der Waals surface area contributed by atoms with Gasteiger partial charge < -0.3 is 10.5 Å². The number of anilines is 1. The monoisotopic (exact) mass is 284 g/mol. The van der Waals surface area contributed by atoms with Crippen LogP contribution in [-0.4, -0.2) is 51.9 Å². The zero-order chi connectivity index (χ0) is 13.9. The Morgan fingerprint density at radius 1 is 1.32 bits per heavy atom. The molecular weight excluding hydrogens is 264 g/mol. The van der Waals surface area contributed by atoms with Crippen molar-refractivity contribution < 1.29 is 13.2 Å². The third kappa shape index (κ3) is 3.46. The summed E-state index contributed by atoms with van der Waals surface area (Å²) in [6.45, 7) is 5.27. The number of para-hydroxylation sites is 1. The number of aryl methyl sites for hydroxylation is 1. The van der Waals surface area contributed by atoms with Gasteiger partial charge in [-0.3, -0.25) is 4.90 Å². The molecule has 2 rings (SSSR count). The lowest BCUT2D eigenvalue weighted by Crippen LogP contribution is -2.39. The summed E-state index contributed by atoms with van der Waals surface area (Å²) < 4.78 is 29.9. The molecule has 1 heterocycles. The maximum absolute atomic E-state index is 12.3. The van der Waals surface area contributed by atoms with Gasteiger partial charge in [-0.1, -0.05) is 12.1 Å². The molecule has 0 amide bonds. The Bertz CT molecular complexity index is 537. The van der Waals surface area contributed by atoms with E-state index in [0.29, 0.717) is 25.4 Å². The van der Waals surface area contributed by atoms with E-state index in [-0.39, 0.29) is 10.6 Å². The lowest BCUT2D eigenvalue weighted by Gasteiger charge is -2.26. The second kappa shape index (κ2) is 5.90. The number of hydrogen-bond acceptors (Lipinski definition) is 5. The zero-order valence-electron chi connectivity index (χ0n) is 11.1. The minimum absolute atomic E-state index is 0.0979. The van der Waals surface area contributed by atoms with Gasteiger partial charge in [-0.25, -0.2) is 8.42 Å². The van der Waals surface area contributed by atoms with Crippen molar-refractivity contribution in [1.82, 2.24) is 4.90 Å². The first-order valence-electron chi connectivity index (χ1n) is 6.38. The van der Waals surface area contributed by atoms with Gasteiger partial charge in [-0.15, -0.1) is 0 Å². The van der Waals surface area contributed by atoms with Crippen molar-refractivity contribution in [3.05, 3.63) is 23.8 Å². The van der Waals surface area contributed by atoms with Crippen molar-refractivity contribution >= 4 is 15.5 Å². The Kier molecular flexibility index (Phi) is 4.44. The summed E-state index contributed by atoms with van der Waals surface area (Å²) in [6.07, 6.45) is 0. The first-order valence-corrected chi connectivity index (χ1v) is 8.04. The smallest absolute Gasteiger partial charge is 0.181 e. The second-order valence-electron chi connectivity index (χ2n) is 4.76. The van der Waals surface area contributed by atoms with Gasteiger partial charge in [0.2, 0.25) is 0 Å². The van der Waals surface area contributed by atoms with Gasteiger partial charge in [0.15, 0.2) is 9.84 Å². The molecule has 5 nitrogen and oxygen atoms in total. The molecule has 0 aromatic heterocycles. The van der Waals surface area contributed by atoms with Gasteiger partial charge >= 0.3 is 0 Å². The predicted octanol–water partition coefficient (Wildman–Crippen LogP) is 0.683. The highest BCUT2D eigenvalue weighted by Gasteiger charge is 2.20. The molecule has 6 heteroatoms. The van der Waals surface area contributed by atoms with E-state index in [4.69, 9.17) is 10.5 Å². The van der Waals surface area contributed by atoms with Gasteiger partial charge in [-0.2, -0.15) is 0 Å². The first-order chi connectivity index (χ1) is 9.00. The molecule has 0 radical (unpaired) electrons. The topological polar surface area (TPSA) is 72.6 Å². The van der Waals surface area contributed by atoms with Crippen molar-refractivity contribution in [1.29, 1.82) is 0 Å². The molecule has 2 N–H and O–H groups in total. The number of nitrogens with two attached hydrogens (primary N) is 1. The van der Waals surface area contributed by atoms with Crippen molar-refractivity contribution in [2.24, 2.45) is 0 Å². The van der Waals surface area contributed by atoms with E-state index in [2.05, 4.69) is 4.90 Å². The molecule has 0 bridgehead atoms. The Morgan fingerprint density at radius 3 is 2.68 bits per heavy atom. The number of rotatable bonds is 4. The van der Waals surface area contributed by atoms with Crippen LogP contribution >= 0.6 is 0 Å². The highest BCUT2D eigenvalue weighted by atomic mass is 32.2. The molecule has 1 aliphatic rings. The summed E-state index contributed by atoms with van der Waals surface area (Å²) in [5.41, 5.74) is 7.03. The highest BCUT2D eigenvalue weighted by Crippen LogP contribution is 2.22. The molecular formula is C13H20N2O3S. The molecule has 1 fully saturated rings. The Morgan fingerprint density at radius 2 is 2.00 bits per heavy atom. The molecule has 1 aromatic carbocycles. The SMILES string of the molecule is Cc1cccc(S(=O)(=O)CCN2CCOCC2)c1N. The standard InChI is InChI=1S/C13H20N2O3S/c1-11-3-2-4-12(13(11)14)19(16,17)10-7-15-5-8-18-9-6-15/h2-4H,5-10,14H2,1H3. The average Bonchev–Trinajstić information content (AvgIpc) is 2.41. The molecule has 0 aliphatic carbocycles. The summed E-state index contributed by atoms with van der Waals surface area (Å²) in [5.74, 6) is 0.0979. The molecule has 1 saturated heterocycles. The third-order valence-corrected chi connectivity index (χ3v) is 5.15. The van der Waals surface area contributed by atoms with Crippen LogP contribution in [0, 0.1) is 6.92 Å². The van der Waals surface area contributed by atoms with E-state index in [1.54, 1.807) is 12.1 Å². The van der Waals surface area contributed by atoms with Gasteiger partial charge in [-0.05, 0) is 18.6 Å². The largest absolute Gasteiger partial charge is 0.397 e. The van der Waals surface area contributed by atoms with Gasteiger partial charge in [0, 0.05) is 19.6 Å². The number of morpholine rings is 1. The zero-order valence-corrected chi connectivity index (χ0v) is 11.9. The number of ether oxygens (including phenoxy) is 1. The normalized spacial score (nSPS) is 17.5. The summed E-state index contributed by atoms with van der Waals surface area (Å²) in [6, 6.07) is 5.13. The molecule has 1 aliphatic heterocycles. The number of nitrogen functional groups attached to an aromatic ring is 1. The Balaban J connectivity index is 2.07. The maximum atomic E-state index is 12.3. The minimum Gasteiger partial charge on any atom is -0.397 e. The van der Waals surface area contributed by atoms with Crippen LogP contribution in [0.2, 0.25) is 0 Å². The van der Waals surface area contributed by atoms with Crippen molar-refractivity contribution in [2.45, 2.75) is 11.8 Å². The van der Waals surface area contributed by atoms with E-state index in [1.165, 1.54) is 0 Å². The van der Waals surface area contributed by atoms with Crippen molar-refractivity contribution in [3.63, 3.8) is 0 Å². The number of benzene rings is 1. The van der Waals surface area contributed by atoms with Gasteiger partial charge in [0.05, 0.1) is 29.5 Å². The van der Waals surface area contributed by atoms with E-state index in [0.717, 1.165) is 18.7 Å². The molecule has 1 aromatic rings. The quantitative estimate of drug-likeness (QED) is 0.823. The fourth-order valence-electron chi connectivity index (χ4n) is 2.11. The fourth-order valence-corrected chi connectivity index (χ4v) is 3.61. The Labute approximate surface area is 114 Å². The van der Waals surface area contributed by atoms with Crippen LogP contribution in [0.5, 0.6) is 0 Å². The lowest BCUT2D eigenvalue weighted by atomic mass is 10.2. The van der Waals surface area contributed by atoms with E-state index in [9.17, 15) is 8.42 Å². The van der Waals surface area contributed by atoms with Crippen LogP contribution in [0.1, 0.15) is 5.56 Å². The molecule has 0 atom stereocenters. The fraction of sp³-hybridized carbons (Fsp3) is 0.538. The summed E-state index contributed by atoms with van der Waals surface area (Å²) in [4.78, 5) is 2.35. The van der Waals surface area contributed by atoms with Crippen LogP contribution < -0.4 is 5.73 Å². The maximum Gasteiger partial charge on any atom is 0.181 e. The van der Waals surface area contributed by atoms with Gasteiger partial charge in [0.1, 0.15) is 0 Å². The van der Waals surface area contributed by atoms with Crippen LogP contribution in [0.15, 0.2) is 23.1 Å². The minimum atomic E-state index is -3.32. The average molecular weight is 284 g/mol. The highest BCUT2D eigenvalue weighted by molar-refractivity contribution is 7.91. The van der Waals surface area contributed by atoms with Crippen LogP contribution in [-0.2, 0) is 14.6 Å². The molecule has 0 spiro atoms. The summed E-state index contributed by atoms with van der Waals surface area (Å²) >= 11 is 0. The van der Waals surface area contributed by atoms with E-state index < -0.39 is 9.84 Å². The van der Waals surface area contributed by atoms with Gasteiger partial charge in [0.25, 0.3) is 0 Å². The number of sulfone groups is 1. The first kappa shape index (κ1) is 14.3.